The molecule has 0 aliphatic heterocycles. The number of hydrogen-bond acceptors (Lipinski definition) is 2. The molecule has 120 valence electrons. The van der Waals surface area contributed by atoms with Crippen LogP contribution in [0.15, 0.2) is 24.3 Å². The minimum atomic E-state index is 0.316. The quantitative estimate of drug-likeness (QED) is 0.546. The molecule has 0 spiro atoms. The third-order valence-corrected chi connectivity index (χ3v) is 3.94. The molecule has 0 bridgehead atoms. The molecule has 0 aromatic heterocycles. The van der Waals surface area contributed by atoms with Crippen molar-refractivity contribution in [3.8, 4) is 0 Å². The van der Waals surface area contributed by atoms with E-state index in [2.05, 4.69) is 50.4 Å². The van der Waals surface area contributed by atoms with Crippen LogP contribution in [-0.4, -0.2) is 19.8 Å². The summed E-state index contributed by atoms with van der Waals surface area (Å²) >= 11 is 0. The van der Waals surface area contributed by atoms with Gasteiger partial charge in [0.15, 0.2) is 0 Å². The molecule has 2 nitrogen and oxygen atoms in total. The summed E-state index contributed by atoms with van der Waals surface area (Å²) in [6.45, 7) is 9.22. The lowest BCUT2D eigenvalue weighted by molar-refractivity contribution is 0.108. The van der Waals surface area contributed by atoms with Crippen molar-refractivity contribution >= 4 is 0 Å². The van der Waals surface area contributed by atoms with Crippen LogP contribution in [0.1, 0.15) is 69.5 Å². The normalized spacial score (nSPS) is 12.5. The molecule has 0 aliphatic rings. The number of rotatable bonds is 12. The van der Waals surface area contributed by atoms with Gasteiger partial charge in [-0.25, -0.2) is 0 Å². The Bertz CT molecular complexity index is 364. The molecule has 1 rings (SSSR count). The highest BCUT2D eigenvalue weighted by atomic mass is 16.5. The lowest BCUT2D eigenvalue weighted by Crippen LogP contribution is -2.26. The summed E-state index contributed by atoms with van der Waals surface area (Å²) in [4.78, 5) is 0. The van der Waals surface area contributed by atoms with E-state index in [-0.39, 0.29) is 0 Å². The Morgan fingerprint density at radius 1 is 1.00 bits per heavy atom. The molecular weight excluding hydrogens is 258 g/mol. The first-order valence-electron chi connectivity index (χ1n) is 8.66. The van der Waals surface area contributed by atoms with Crippen molar-refractivity contribution < 1.29 is 4.74 Å². The predicted octanol–water partition coefficient (Wildman–Crippen LogP) is 5.02. The molecule has 0 saturated carbocycles. The first-order chi connectivity index (χ1) is 10.3. The molecule has 1 N–H and O–H groups in total. The van der Waals surface area contributed by atoms with Crippen LogP contribution in [0.25, 0.3) is 0 Å². The Balaban J connectivity index is 2.25. The van der Waals surface area contributed by atoms with E-state index >= 15 is 0 Å². The molecule has 0 heterocycles. The molecule has 1 aromatic carbocycles. The fourth-order valence-electron chi connectivity index (χ4n) is 2.67. The van der Waals surface area contributed by atoms with Crippen LogP contribution in [0.3, 0.4) is 0 Å². The van der Waals surface area contributed by atoms with Gasteiger partial charge in [-0.2, -0.15) is 0 Å². The van der Waals surface area contributed by atoms with Gasteiger partial charge in [0, 0.05) is 6.61 Å². The Kier molecular flexibility index (Phi) is 10.2. The lowest BCUT2D eigenvalue weighted by atomic mass is 10.0. The average molecular weight is 291 g/mol. The maximum atomic E-state index is 5.90. The summed E-state index contributed by atoms with van der Waals surface area (Å²) in [5, 5.41) is 3.53. The highest BCUT2D eigenvalue weighted by Gasteiger charge is 2.12. The van der Waals surface area contributed by atoms with Crippen LogP contribution < -0.4 is 5.32 Å². The van der Waals surface area contributed by atoms with E-state index in [1.165, 1.54) is 49.7 Å². The van der Waals surface area contributed by atoms with Crippen molar-refractivity contribution in [3.63, 3.8) is 0 Å². The van der Waals surface area contributed by atoms with Gasteiger partial charge in [-0.05, 0) is 31.0 Å². The number of aryl methyl sites for hydroxylation is 1. The zero-order chi connectivity index (χ0) is 15.3. The minimum absolute atomic E-state index is 0.316. The van der Waals surface area contributed by atoms with E-state index in [1.54, 1.807) is 0 Å². The summed E-state index contributed by atoms with van der Waals surface area (Å²) in [5.74, 6) is 0. The van der Waals surface area contributed by atoms with Gasteiger partial charge in [-0.15, -0.1) is 0 Å². The van der Waals surface area contributed by atoms with E-state index in [9.17, 15) is 0 Å². The molecule has 1 aromatic rings. The van der Waals surface area contributed by atoms with Gasteiger partial charge in [0.25, 0.3) is 0 Å². The summed E-state index contributed by atoms with van der Waals surface area (Å²) in [7, 11) is 0. The number of benzene rings is 1. The zero-order valence-electron chi connectivity index (χ0n) is 14.2. The highest BCUT2D eigenvalue weighted by Crippen LogP contribution is 2.18. The fraction of sp³-hybridized carbons (Fsp3) is 0.684. The maximum Gasteiger partial charge on any atom is 0.0661 e. The number of hydrogen-bond donors (Lipinski definition) is 1. The van der Waals surface area contributed by atoms with Crippen molar-refractivity contribution in [2.75, 3.05) is 19.8 Å². The molecule has 21 heavy (non-hydrogen) atoms. The second-order valence-corrected chi connectivity index (χ2v) is 5.81. The van der Waals surface area contributed by atoms with Crippen molar-refractivity contribution in [1.82, 2.24) is 5.32 Å². The lowest BCUT2D eigenvalue weighted by Gasteiger charge is -2.20. The Morgan fingerprint density at radius 2 is 1.71 bits per heavy atom. The Morgan fingerprint density at radius 3 is 2.43 bits per heavy atom. The average Bonchev–Trinajstić information content (AvgIpc) is 2.49. The Hall–Kier alpha value is -0.860. The van der Waals surface area contributed by atoms with Gasteiger partial charge < -0.3 is 10.1 Å². The van der Waals surface area contributed by atoms with Gasteiger partial charge in [0.1, 0.15) is 0 Å². The van der Waals surface area contributed by atoms with Crippen LogP contribution in [-0.2, 0) is 4.74 Å². The van der Waals surface area contributed by atoms with E-state index in [0.717, 1.165) is 19.8 Å². The molecule has 1 atom stereocenters. The standard InChI is InChI=1S/C19H33NO/c1-4-6-7-8-9-12-15-21-16-19(20-5-2)18-14-11-10-13-17(18)3/h10-11,13-14,19-20H,4-9,12,15-16H2,1-3H3. The first kappa shape index (κ1) is 18.2. The summed E-state index contributed by atoms with van der Waals surface area (Å²) in [6.07, 6.45) is 7.91. The van der Waals surface area contributed by atoms with Gasteiger partial charge in [0.2, 0.25) is 0 Å². The molecule has 0 saturated heterocycles. The summed E-state index contributed by atoms with van der Waals surface area (Å²) in [6, 6.07) is 8.90. The van der Waals surface area contributed by atoms with Crippen LogP contribution >= 0.6 is 0 Å². The van der Waals surface area contributed by atoms with E-state index in [1.807, 2.05) is 0 Å². The van der Waals surface area contributed by atoms with Gasteiger partial charge in [-0.1, -0.05) is 70.2 Å². The molecule has 0 radical (unpaired) electrons. The van der Waals surface area contributed by atoms with Crippen LogP contribution in [0.4, 0.5) is 0 Å². The largest absolute Gasteiger partial charge is 0.379 e. The van der Waals surface area contributed by atoms with Crippen LogP contribution in [0, 0.1) is 6.92 Å². The molecule has 0 fully saturated rings. The minimum Gasteiger partial charge on any atom is -0.379 e. The predicted molar refractivity (Wildman–Crippen MR) is 91.8 cm³/mol. The van der Waals surface area contributed by atoms with Crippen molar-refractivity contribution in [1.29, 1.82) is 0 Å². The van der Waals surface area contributed by atoms with Crippen LogP contribution in [0.5, 0.6) is 0 Å². The van der Waals surface area contributed by atoms with E-state index < -0.39 is 0 Å². The zero-order valence-corrected chi connectivity index (χ0v) is 14.2. The second-order valence-electron chi connectivity index (χ2n) is 5.81. The number of nitrogens with one attached hydrogen (secondary N) is 1. The molecule has 2 heteroatoms. The Labute approximate surface area is 131 Å². The van der Waals surface area contributed by atoms with Gasteiger partial charge in [0.05, 0.1) is 12.6 Å². The van der Waals surface area contributed by atoms with Crippen LogP contribution in [0.2, 0.25) is 0 Å². The first-order valence-corrected chi connectivity index (χ1v) is 8.66. The van der Waals surface area contributed by atoms with Crippen molar-refractivity contribution in [2.24, 2.45) is 0 Å². The molecule has 0 aliphatic carbocycles. The summed E-state index contributed by atoms with van der Waals surface area (Å²) < 4.78 is 5.90. The molecular formula is C19H33NO. The SMILES string of the molecule is CCCCCCCCOCC(NCC)c1ccccc1C. The summed E-state index contributed by atoms with van der Waals surface area (Å²) in [5.41, 5.74) is 2.70. The highest BCUT2D eigenvalue weighted by molar-refractivity contribution is 5.28. The number of unbranched alkanes of at least 4 members (excludes halogenated alkanes) is 5. The molecule has 1 unspecified atom stereocenters. The monoisotopic (exact) mass is 291 g/mol. The van der Waals surface area contributed by atoms with E-state index in [0.29, 0.717) is 6.04 Å². The number of likely N-dealkylation sites (N-methyl/N-ethyl adjacent to an activating group) is 1. The smallest absolute Gasteiger partial charge is 0.0661 e. The second kappa shape index (κ2) is 11.8. The topological polar surface area (TPSA) is 21.3 Å². The van der Waals surface area contributed by atoms with Crippen molar-refractivity contribution in [2.45, 2.75) is 65.3 Å². The third kappa shape index (κ3) is 7.63. The number of ether oxygens (including phenoxy) is 1. The van der Waals surface area contributed by atoms with E-state index in [4.69, 9.17) is 4.74 Å². The maximum absolute atomic E-state index is 5.90. The van der Waals surface area contributed by atoms with Crippen molar-refractivity contribution in [3.05, 3.63) is 35.4 Å². The fourth-order valence-corrected chi connectivity index (χ4v) is 2.67. The van der Waals surface area contributed by atoms with Gasteiger partial charge >= 0.3 is 0 Å². The third-order valence-electron chi connectivity index (χ3n) is 3.94. The van der Waals surface area contributed by atoms with Gasteiger partial charge in [-0.3, -0.25) is 0 Å². The molecule has 0 amide bonds.